The fourth-order valence-corrected chi connectivity index (χ4v) is 3.42. The molecule has 1 aliphatic rings. The first-order chi connectivity index (χ1) is 10.4. The molecule has 6 heteroatoms. The first-order valence-electron chi connectivity index (χ1n) is 7.51. The van der Waals surface area contributed by atoms with Crippen LogP contribution in [0.1, 0.15) is 20.8 Å². The van der Waals surface area contributed by atoms with Crippen LogP contribution >= 0.6 is 11.3 Å². The molecule has 2 heterocycles. The summed E-state index contributed by atoms with van der Waals surface area (Å²) in [6.07, 6.45) is -0.226. The smallest absolute Gasteiger partial charge is 0.410 e. The van der Waals surface area contributed by atoms with Gasteiger partial charge < -0.3 is 14.5 Å². The van der Waals surface area contributed by atoms with Gasteiger partial charge in [0.15, 0.2) is 5.13 Å². The zero-order valence-corrected chi connectivity index (χ0v) is 14.0. The van der Waals surface area contributed by atoms with Gasteiger partial charge in [0.2, 0.25) is 0 Å². The van der Waals surface area contributed by atoms with E-state index < -0.39 is 5.60 Å². The van der Waals surface area contributed by atoms with Crippen LogP contribution in [-0.4, -0.2) is 47.8 Å². The van der Waals surface area contributed by atoms with Gasteiger partial charge in [0, 0.05) is 26.2 Å². The van der Waals surface area contributed by atoms with Gasteiger partial charge in [-0.15, -0.1) is 0 Å². The van der Waals surface area contributed by atoms with E-state index in [1.54, 1.807) is 16.2 Å². The number of carbonyl (C=O) groups is 1. The van der Waals surface area contributed by atoms with Crippen molar-refractivity contribution in [1.82, 2.24) is 9.88 Å². The molecule has 1 aromatic heterocycles. The van der Waals surface area contributed by atoms with E-state index in [-0.39, 0.29) is 6.09 Å². The SMILES string of the molecule is CC(C)(C)OC(=O)N1CCN(c2nc3ccccc3s2)CC1. The van der Waals surface area contributed by atoms with Crippen molar-refractivity contribution in [1.29, 1.82) is 0 Å². The summed E-state index contributed by atoms with van der Waals surface area (Å²) in [5.41, 5.74) is 0.596. The van der Waals surface area contributed by atoms with Gasteiger partial charge in [-0.25, -0.2) is 9.78 Å². The van der Waals surface area contributed by atoms with Gasteiger partial charge in [-0.2, -0.15) is 0 Å². The second-order valence-electron chi connectivity index (χ2n) is 6.42. The number of para-hydroxylation sites is 1. The third-order valence-electron chi connectivity index (χ3n) is 3.48. The standard InChI is InChI=1S/C16H21N3O2S/c1-16(2,3)21-15(20)19-10-8-18(9-11-19)14-17-12-6-4-5-7-13(12)22-14/h4-7H,8-11H2,1-3H3. The van der Waals surface area contributed by atoms with Crippen LogP contribution < -0.4 is 4.90 Å². The molecule has 0 bridgehead atoms. The molecule has 0 unspecified atom stereocenters. The second kappa shape index (κ2) is 5.76. The Hall–Kier alpha value is -1.82. The Kier molecular flexibility index (Phi) is 3.95. The largest absolute Gasteiger partial charge is 0.444 e. The van der Waals surface area contributed by atoms with Crippen molar-refractivity contribution in [3.63, 3.8) is 0 Å². The lowest BCUT2D eigenvalue weighted by Crippen LogP contribution is -2.50. The van der Waals surface area contributed by atoms with E-state index in [4.69, 9.17) is 4.74 Å². The van der Waals surface area contributed by atoms with Gasteiger partial charge in [-0.1, -0.05) is 23.5 Å². The molecule has 118 valence electrons. The molecule has 1 saturated heterocycles. The summed E-state index contributed by atoms with van der Waals surface area (Å²) in [5.74, 6) is 0. The van der Waals surface area contributed by atoms with Gasteiger partial charge in [0.05, 0.1) is 10.2 Å². The number of thiazole rings is 1. The molecule has 1 amide bonds. The Morgan fingerprint density at radius 1 is 1.18 bits per heavy atom. The lowest BCUT2D eigenvalue weighted by molar-refractivity contribution is 0.0240. The summed E-state index contributed by atoms with van der Waals surface area (Å²) in [6, 6.07) is 8.16. The highest BCUT2D eigenvalue weighted by molar-refractivity contribution is 7.22. The Labute approximate surface area is 134 Å². The monoisotopic (exact) mass is 319 g/mol. The zero-order chi connectivity index (χ0) is 15.7. The highest BCUT2D eigenvalue weighted by atomic mass is 32.1. The van der Waals surface area contributed by atoms with Crippen LogP contribution in [-0.2, 0) is 4.74 Å². The summed E-state index contributed by atoms with van der Waals surface area (Å²) in [4.78, 5) is 20.8. The fourth-order valence-electron chi connectivity index (χ4n) is 2.40. The number of aromatic nitrogens is 1. The fraction of sp³-hybridized carbons (Fsp3) is 0.500. The number of piperazine rings is 1. The van der Waals surface area contributed by atoms with E-state index in [2.05, 4.69) is 16.0 Å². The maximum Gasteiger partial charge on any atom is 0.410 e. The van der Waals surface area contributed by atoms with Crippen molar-refractivity contribution >= 4 is 32.8 Å². The highest BCUT2D eigenvalue weighted by Gasteiger charge is 2.26. The molecule has 2 aromatic rings. The second-order valence-corrected chi connectivity index (χ2v) is 7.43. The zero-order valence-electron chi connectivity index (χ0n) is 13.2. The number of ether oxygens (including phenoxy) is 1. The van der Waals surface area contributed by atoms with E-state index in [1.165, 1.54) is 4.70 Å². The van der Waals surface area contributed by atoms with Gasteiger partial charge in [-0.3, -0.25) is 0 Å². The molecule has 22 heavy (non-hydrogen) atoms. The van der Waals surface area contributed by atoms with E-state index >= 15 is 0 Å². The Bertz CT molecular complexity index is 636. The lowest BCUT2D eigenvalue weighted by Gasteiger charge is -2.35. The van der Waals surface area contributed by atoms with Gasteiger partial charge in [-0.05, 0) is 32.9 Å². The van der Waals surface area contributed by atoms with Crippen molar-refractivity contribution in [2.75, 3.05) is 31.1 Å². The first kappa shape index (κ1) is 15.1. The summed E-state index contributed by atoms with van der Waals surface area (Å²) in [7, 11) is 0. The summed E-state index contributed by atoms with van der Waals surface area (Å²) in [6.45, 7) is 8.60. The van der Waals surface area contributed by atoms with Crippen LogP contribution in [0.2, 0.25) is 0 Å². The Balaban J connectivity index is 1.63. The van der Waals surface area contributed by atoms with Gasteiger partial charge in [0.1, 0.15) is 5.60 Å². The third-order valence-corrected chi connectivity index (χ3v) is 4.58. The van der Waals surface area contributed by atoms with Gasteiger partial charge >= 0.3 is 6.09 Å². The van der Waals surface area contributed by atoms with Crippen LogP contribution in [0.15, 0.2) is 24.3 Å². The number of anilines is 1. The normalized spacial score (nSPS) is 16.1. The number of hydrogen-bond donors (Lipinski definition) is 0. The average Bonchev–Trinajstić information content (AvgIpc) is 2.89. The van der Waals surface area contributed by atoms with Crippen LogP contribution in [0.5, 0.6) is 0 Å². The van der Waals surface area contributed by atoms with Crippen molar-refractivity contribution < 1.29 is 9.53 Å². The minimum absolute atomic E-state index is 0.226. The molecule has 1 aromatic carbocycles. The molecule has 0 N–H and O–H groups in total. The number of fused-ring (bicyclic) bond motifs is 1. The maximum absolute atomic E-state index is 12.1. The predicted molar refractivity (Wildman–Crippen MR) is 89.6 cm³/mol. The van der Waals surface area contributed by atoms with E-state index in [1.807, 2.05) is 39.0 Å². The number of amides is 1. The van der Waals surface area contributed by atoms with E-state index in [0.717, 1.165) is 23.7 Å². The van der Waals surface area contributed by atoms with Crippen molar-refractivity contribution in [3.05, 3.63) is 24.3 Å². The molecule has 0 saturated carbocycles. The van der Waals surface area contributed by atoms with Crippen LogP contribution in [0, 0.1) is 0 Å². The molecule has 1 fully saturated rings. The third kappa shape index (κ3) is 3.32. The highest BCUT2D eigenvalue weighted by Crippen LogP contribution is 2.29. The minimum Gasteiger partial charge on any atom is -0.444 e. The molecule has 0 aliphatic carbocycles. The average molecular weight is 319 g/mol. The predicted octanol–water partition coefficient (Wildman–Crippen LogP) is 3.35. The number of benzene rings is 1. The summed E-state index contributed by atoms with van der Waals surface area (Å²) < 4.78 is 6.62. The van der Waals surface area contributed by atoms with E-state index in [9.17, 15) is 4.79 Å². The summed E-state index contributed by atoms with van der Waals surface area (Å²) in [5, 5.41) is 1.03. The number of nitrogens with zero attached hydrogens (tertiary/aromatic N) is 3. The number of carbonyl (C=O) groups excluding carboxylic acids is 1. The van der Waals surface area contributed by atoms with Gasteiger partial charge in [0.25, 0.3) is 0 Å². The quantitative estimate of drug-likeness (QED) is 0.808. The lowest BCUT2D eigenvalue weighted by atomic mass is 10.2. The molecule has 3 rings (SSSR count). The minimum atomic E-state index is -0.443. The molecule has 0 radical (unpaired) electrons. The Morgan fingerprint density at radius 2 is 1.86 bits per heavy atom. The van der Waals surface area contributed by atoms with Crippen molar-refractivity contribution in [3.8, 4) is 0 Å². The Morgan fingerprint density at radius 3 is 2.50 bits per heavy atom. The first-order valence-corrected chi connectivity index (χ1v) is 8.32. The molecular weight excluding hydrogens is 298 g/mol. The molecular formula is C16H21N3O2S. The van der Waals surface area contributed by atoms with Crippen molar-refractivity contribution in [2.45, 2.75) is 26.4 Å². The molecule has 0 atom stereocenters. The van der Waals surface area contributed by atoms with Crippen molar-refractivity contribution in [2.24, 2.45) is 0 Å². The maximum atomic E-state index is 12.1. The van der Waals surface area contributed by atoms with Crippen LogP contribution in [0.25, 0.3) is 10.2 Å². The topological polar surface area (TPSA) is 45.7 Å². The molecule has 0 spiro atoms. The number of rotatable bonds is 1. The number of hydrogen-bond acceptors (Lipinski definition) is 5. The van der Waals surface area contributed by atoms with Crippen LogP contribution in [0.4, 0.5) is 9.93 Å². The summed E-state index contributed by atoms with van der Waals surface area (Å²) >= 11 is 1.70. The van der Waals surface area contributed by atoms with E-state index in [0.29, 0.717) is 13.1 Å². The molecule has 5 nitrogen and oxygen atoms in total. The van der Waals surface area contributed by atoms with Crippen LogP contribution in [0.3, 0.4) is 0 Å². The molecule has 1 aliphatic heterocycles.